The van der Waals surface area contributed by atoms with E-state index in [0.717, 1.165) is 5.56 Å². The number of hydrogen-bond acceptors (Lipinski definition) is 2. The lowest BCUT2D eigenvalue weighted by atomic mass is 10.1. The molecule has 1 aromatic carbocycles. The van der Waals surface area contributed by atoms with Crippen molar-refractivity contribution in [2.24, 2.45) is 11.7 Å². The van der Waals surface area contributed by atoms with Crippen molar-refractivity contribution in [3.05, 3.63) is 27.7 Å². The third-order valence-electron chi connectivity index (χ3n) is 2.68. The zero-order chi connectivity index (χ0) is 13.0. The molecule has 0 spiro atoms. The van der Waals surface area contributed by atoms with Gasteiger partial charge in [0.2, 0.25) is 5.91 Å². The minimum atomic E-state index is -0.220. The molecule has 0 aromatic heterocycles. The molecule has 5 heteroatoms. The Bertz CT molecular complexity index is 417. The summed E-state index contributed by atoms with van der Waals surface area (Å²) < 4.78 is 0. The molecule has 3 nitrogen and oxygen atoms in total. The summed E-state index contributed by atoms with van der Waals surface area (Å²) in [6.07, 6.45) is 0.684. The number of aryl methyl sites for hydroxylation is 1. The van der Waals surface area contributed by atoms with Crippen LogP contribution < -0.4 is 11.1 Å². The highest BCUT2D eigenvalue weighted by Crippen LogP contribution is 2.33. The third kappa shape index (κ3) is 3.35. The maximum Gasteiger partial charge on any atom is 0.228 e. The molecule has 1 rings (SSSR count). The molecular weight excluding hydrogens is 259 g/mol. The molecule has 3 N–H and O–H groups in total. The van der Waals surface area contributed by atoms with Gasteiger partial charge < -0.3 is 11.1 Å². The molecule has 0 heterocycles. The van der Waals surface area contributed by atoms with Crippen molar-refractivity contribution in [3.8, 4) is 0 Å². The second-order valence-corrected chi connectivity index (χ2v) is 4.67. The lowest BCUT2D eigenvalue weighted by Crippen LogP contribution is -2.28. The van der Waals surface area contributed by atoms with Crippen molar-refractivity contribution in [1.82, 2.24) is 0 Å². The molecule has 17 heavy (non-hydrogen) atoms. The monoisotopic (exact) mass is 274 g/mol. The molecule has 94 valence electrons. The number of amides is 1. The molecular formula is C12H16Cl2N2O. The second kappa shape index (κ2) is 6.24. The number of rotatable bonds is 4. The van der Waals surface area contributed by atoms with E-state index in [-0.39, 0.29) is 11.8 Å². The van der Waals surface area contributed by atoms with Gasteiger partial charge in [-0.3, -0.25) is 4.79 Å². The number of benzene rings is 1. The summed E-state index contributed by atoms with van der Waals surface area (Å²) in [6.45, 7) is 4.08. The van der Waals surface area contributed by atoms with Crippen LogP contribution in [0.5, 0.6) is 0 Å². The Labute approximate surface area is 111 Å². The number of carbonyl (C=O) groups is 1. The predicted molar refractivity (Wildman–Crippen MR) is 72.7 cm³/mol. The van der Waals surface area contributed by atoms with Crippen molar-refractivity contribution in [2.45, 2.75) is 20.3 Å². The highest BCUT2D eigenvalue weighted by atomic mass is 35.5. The Hall–Kier alpha value is -0.770. The van der Waals surface area contributed by atoms with Crippen LogP contribution in [0.3, 0.4) is 0 Å². The normalized spacial score (nSPS) is 12.3. The quantitative estimate of drug-likeness (QED) is 0.886. The highest BCUT2D eigenvalue weighted by Gasteiger charge is 2.17. The molecule has 1 aromatic rings. The van der Waals surface area contributed by atoms with Crippen LogP contribution in [0.4, 0.5) is 5.69 Å². The number of halogens is 2. The van der Waals surface area contributed by atoms with Crippen molar-refractivity contribution in [1.29, 1.82) is 0 Å². The van der Waals surface area contributed by atoms with Crippen LogP contribution in [0.2, 0.25) is 10.0 Å². The summed E-state index contributed by atoms with van der Waals surface area (Å²) in [7, 11) is 0. The number of carbonyl (C=O) groups excluding carboxylic acids is 1. The van der Waals surface area contributed by atoms with Gasteiger partial charge in [0, 0.05) is 6.54 Å². The summed E-state index contributed by atoms with van der Waals surface area (Å²) >= 11 is 12.1. The van der Waals surface area contributed by atoms with E-state index in [4.69, 9.17) is 28.9 Å². The van der Waals surface area contributed by atoms with Crippen LogP contribution in [-0.2, 0) is 4.79 Å². The number of nitrogens with one attached hydrogen (secondary N) is 1. The lowest BCUT2D eigenvalue weighted by molar-refractivity contribution is -0.119. The van der Waals surface area contributed by atoms with E-state index in [1.165, 1.54) is 0 Å². The molecule has 0 fully saturated rings. The molecule has 0 aliphatic heterocycles. The standard InChI is InChI=1S/C12H16Cl2N2O/c1-3-8(6-15)12(17)16-11-9(13)5-4-7(2)10(11)14/h4-5,8H,3,6,15H2,1-2H3,(H,16,17). The van der Waals surface area contributed by atoms with E-state index in [2.05, 4.69) is 5.32 Å². The number of anilines is 1. The Morgan fingerprint density at radius 3 is 2.65 bits per heavy atom. The van der Waals surface area contributed by atoms with Crippen molar-refractivity contribution < 1.29 is 4.79 Å². The van der Waals surface area contributed by atoms with Gasteiger partial charge >= 0.3 is 0 Å². The van der Waals surface area contributed by atoms with Gasteiger partial charge in [-0.1, -0.05) is 36.2 Å². The summed E-state index contributed by atoms with van der Waals surface area (Å²) in [5, 5.41) is 3.64. The first kappa shape index (κ1) is 14.3. The summed E-state index contributed by atoms with van der Waals surface area (Å²) in [4.78, 5) is 11.9. The van der Waals surface area contributed by atoms with Crippen LogP contribution in [0.1, 0.15) is 18.9 Å². The van der Waals surface area contributed by atoms with Crippen molar-refractivity contribution in [3.63, 3.8) is 0 Å². The van der Waals surface area contributed by atoms with Gasteiger partial charge in [0.25, 0.3) is 0 Å². The third-order valence-corrected chi connectivity index (χ3v) is 3.48. The van der Waals surface area contributed by atoms with Gasteiger partial charge in [0.1, 0.15) is 0 Å². The summed E-state index contributed by atoms with van der Waals surface area (Å²) in [5.41, 5.74) is 6.85. The van der Waals surface area contributed by atoms with Gasteiger partial charge in [0.05, 0.1) is 21.7 Å². The Morgan fingerprint density at radius 1 is 1.47 bits per heavy atom. The fraction of sp³-hybridized carbons (Fsp3) is 0.417. The first-order valence-corrected chi connectivity index (χ1v) is 6.22. The molecule has 0 aliphatic rings. The average molecular weight is 275 g/mol. The maximum absolute atomic E-state index is 11.9. The zero-order valence-corrected chi connectivity index (χ0v) is 11.4. The minimum Gasteiger partial charge on any atom is -0.330 e. The smallest absolute Gasteiger partial charge is 0.228 e. The molecule has 0 saturated carbocycles. The summed E-state index contributed by atoms with van der Waals surface area (Å²) in [6, 6.07) is 3.52. The summed E-state index contributed by atoms with van der Waals surface area (Å²) in [5.74, 6) is -0.368. The predicted octanol–water partition coefficient (Wildman–Crippen LogP) is 3.23. The first-order valence-electron chi connectivity index (χ1n) is 5.46. The molecule has 0 radical (unpaired) electrons. The van der Waals surface area contributed by atoms with E-state index >= 15 is 0 Å². The van der Waals surface area contributed by atoms with Crippen LogP contribution in [0.15, 0.2) is 12.1 Å². The molecule has 1 unspecified atom stereocenters. The highest BCUT2D eigenvalue weighted by molar-refractivity contribution is 6.40. The molecule has 1 amide bonds. The molecule has 0 saturated heterocycles. The zero-order valence-electron chi connectivity index (χ0n) is 9.89. The SMILES string of the molecule is CCC(CN)C(=O)Nc1c(Cl)ccc(C)c1Cl. The van der Waals surface area contributed by atoms with Crippen LogP contribution in [-0.4, -0.2) is 12.5 Å². The second-order valence-electron chi connectivity index (χ2n) is 3.88. The van der Waals surface area contributed by atoms with Gasteiger partial charge in [-0.2, -0.15) is 0 Å². The van der Waals surface area contributed by atoms with E-state index < -0.39 is 0 Å². The Morgan fingerprint density at radius 2 is 2.12 bits per heavy atom. The van der Waals surface area contributed by atoms with Crippen LogP contribution in [0.25, 0.3) is 0 Å². The van der Waals surface area contributed by atoms with Crippen LogP contribution in [0, 0.1) is 12.8 Å². The topological polar surface area (TPSA) is 55.1 Å². The van der Waals surface area contributed by atoms with Crippen molar-refractivity contribution >= 4 is 34.8 Å². The van der Waals surface area contributed by atoms with E-state index in [1.54, 1.807) is 12.1 Å². The molecule has 0 bridgehead atoms. The fourth-order valence-corrected chi connectivity index (χ4v) is 1.92. The molecule has 1 atom stereocenters. The average Bonchev–Trinajstić information content (AvgIpc) is 2.31. The largest absolute Gasteiger partial charge is 0.330 e. The first-order chi connectivity index (χ1) is 8.01. The van der Waals surface area contributed by atoms with E-state index in [9.17, 15) is 4.79 Å². The van der Waals surface area contributed by atoms with E-state index in [0.29, 0.717) is 28.7 Å². The van der Waals surface area contributed by atoms with Gasteiger partial charge in [-0.15, -0.1) is 0 Å². The Kier molecular flexibility index (Phi) is 5.25. The van der Waals surface area contributed by atoms with Gasteiger partial charge in [-0.25, -0.2) is 0 Å². The molecule has 0 aliphatic carbocycles. The fourth-order valence-electron chi connectivity index (χ4n) is 1.46. The van der Waals surface area contributed by atoms with Gasteiger partial charge in [-0.05, 0) is 25.0 Å². The maximum atomic E-state index is 11.9. The minimum absolute atomic E-state index is 0.149. The van der Waals surface area contributed by atoms with E-state index in [1.807, 2.05) is 13.8 Å². The van der Waals surface area contributed by atoms with Gasteiger partial charge in [0.15, 0.2) is 0 Å². The number of hydrogen-bond donors (Lipinski definition) is 2. The Balaban J connectivity index is 2.95. The van der Waals surface area contributed by atoms with Crippen molar-refractivity contribution in [2.75, 3.05) is 11.9 Å². The number of nitrogens with two attached hydrogens (primary N) is 1. The van der Waals surface area contributed by atoms with Crippen LogP contribution >= 0.6 is 23.2 Å². The lowest BCUT2D eigenvalue weighted by Gasteiger charge is -2.15.